The second kappa shape index (κ2) is 9.89. The number of nitrogens with one attached hydrogen (secondary N) is 2. The predicted molar refractivity (Wildman–Crippen MR) is 131 cm³/mol. The number of carbonyl (C=O) groups excluding carboxylic acids is 1. The van der Waals surface area contributed by atoms with Gasteiger partial charge < -0.3 is 15.7 Å². The van der Waals surface area contributed by atoms with E-state index in [-0.39, 0.29) is 36.5 Å². The van der Waals surface area contributed by atoms with Crippen LogP contribution in [0.5, 0.6) is 0 Å². The molecule has 0 atom stereocenters. The van der Waals surface area contributed by atoms with Crippen LogP contribution in [0.25, 0.3) is 10.9 Å². The van der Waals surface area contributed by atoms with E-state index in [2.05, 4.69) is 15.6 Å². The van der Waals surface area contributed by atoms with Crippen molar-refractivity contribution in [3.63, 3.8) is 0 Å². The molecule has 8 heteroatoms. The Hall–Kier alpha value is -2.97. The molecule has 0 bridgehead atoms. The van der Waals surface area contributed by atoms with E-state index in [1.807, 2.05) is 43.3 Å². The highest BCUT2D eigenvalue weighted by atomic mass is 32.2. The van der Waals surface area contributed by atoms with Crippen LogP contribution in [0.4, 0.5) is 11.4 Å². The molecule has 1 amide bonds. The number of sulfone groups is 1. The molecule has 1 heterocycles. The lowest BCUT2D eigenvalue weighted by molar-refractivity contribution is 0.0951. The Bertz CT molecular complexity index is 1260. The van der Waals surface area contributed by atoms with Crippen molar-refractivity contribution in [3.8, 4) is 0 Å². The summed E-state index contributed by atoms with van der Waals surface area (Å²) in [6.07, 6.45) is 4.37. The number of hydrogen-bond acceptors (Lipinski definition) is 6. The maximum absolute atomic E-state index is 13.0. The van der Waals surface area contributed by atoms with Crippen molar-refractivity contribution in [1.82, 2.24) is 10.3 Å². The van der Waals surface area contributed by atoms with E-state index in [1.165, 1.54) is 0 Å². The van der Waals surface area contributed by atoms with Crippen LogP contribution in [0.3, 0.4) is 0 Å². The Morgan fingerprint density at radius 3 is 2.55 bits per heavy atom. The summed E-state index contributed by atoms with van der Waals surface area (Å²) in [7, 11) is -3.17. The normalized spacial score (nSPS) is 13.8. The number of aliphatic hydroxyl groups is 1. The number of anilines is 2. The number of aryl methyl sites for hydroxylation is 1. The summed E-state index contributed by atoms with van der Waals surface area (Å²) < 4.78 is 24.6. The molecular formula is C25H29N3O4S. The Morgan fingerprint density at radius 1 is 1.12 bits per heavy atom. The van der Waals surface area contributed by atoms with E-state index < -0.39 is 9.84 Å². The largest absolute Gasteiger partial charge is 0.392 e. The van der Waals surface area contributed by atoms with Crippen molar-refractivity contribution >= 4 is 38.0 Å². The van der Waals surface area contributed by atoms with E-state index in [1.54, 1.807) is 12.3 Å². The van der Waals surface area contributed by atoms with Gasteiger partial charge in [-0.25, -0.2) is 8.42 Å². The monoisotopic (exact) mass is 467 g/mol. The Kier molecular flexibility index (Phi) is 6.95. The molecule has 0 unspecified atom stereocenters. The van der Waals surface area contributed by atoms with Gasteiger partial charge in [-0.1, -0.05) is 25.1 Å². The summed E-state index contributed by atoms with van der Waals surface area (Å²) in [6.45, 7) is 1.63. The number of carbonyl (C=O) groups is 1. The van der Waals surface area contributed by atoms with Crippen LogP contribution in [0.1, 0.15) is 47.7 Å². The highest BCUT2D eigenvalue weighted by Gasteiger charge is 2.26. The first-order chi connectivity index (χ1) is 15.9. The van der Waals surface area contributed by atoms with Crippen molar-refractivity contribution < 1.29 is 18.3 Å². The second-order valence-electron chi connectivity index (χ2n) is 8.48. The SMILES string of the molecule is CCCS(=O)(=O)CCc1cc2c(Nc3ccccc3)c(C(=O)NC3CC3)cnc2cc1CO. The summed E-state index contributed by atoms with van der Waals surface area (Å²) in [5.74, 6) is -0.0393. The van der Waals surface area contributed by atoms with Crippen LogP contribution in [-0.4, -0.2) is 42.0 Å². The highest BCUT2D eigenvalue weighted by molar-refractivity contribution is 7.91. The smallest absolute Gasteiger partial charge is 0.255 e. The van der Waals surface area contributed by atoms with Gasteiger partial charge in [-0.2, -0.15) is 0 Å². The Labute approximate surface area is 194 Å². The van der Waals surface area contributed by atoms with Crippen LogP contribution < -0.4 is 10.6 Å². The van der Waals surface area contributed by atoms with Gasteiger partial charge in [0.2, 0.25) is 0 Å². The number of aliphatic hydroxyl groups excluding tert-OH is 1. The lowest BCUT2D eigenvalue weighted by Gasteiger charge is -2.17. The van der Waals surface area contributed by atoms with Gasteiger partial charge in [0, 0.05) is 29.1 Å². The molecule has 3 N–H and O–H groups in total. The van der Waals surface area contributed by atoms with E-state index in [4.69, 9.17) is 0 Å². The van der Waals surface area contributed by atoms with Crippen LogP contribution in [-0.2, 0) is 22.9 Å². The number of pyridine rings is 1. The first-order valence-corrected chi connectivity index (χ1v) is 13.1. The number of para-hydroxylation sites is 1. The predicted octanol–water partition coefficient (Wildman–Crippen LogP) is 3.73. The number of rotatable bonds is 10. The quantitative estimate of drug-likeness (QED) is 0.419. The molecule has 1 aliphatic carbocycles. The van der Waals surface area contributed by atoms with Crippen LogP contribution in [0, 0.1) is 0 Å². The van der Waals surface area contributed by atoms with Gasteiger partial charge in [-0.3, -0.25) is 9.78 Å². The molecule has 1 fully saturated rings. The minimum absolute atomic E-state index is 0.01000. The van der Waals surface area contributed by atoms with Crippen LogP contribution in [0.15, 0.2) is 48.7 Å². The van der Waals surface area contributed by atoms with Crippen LogP contribution >= 0.6 is 0 Å². The minimum Gasteiger partial charge on any atom is -0.392 e. The summed E-state index contributed by atoms with van der Waals surface area (Å²) >= 11 is 0. The molecule has 1 aromatic heterocycles. The van der Waals surface area contributed by atoms with Crippen molar-refractivity contribution in [3.05, 3.63) is 65.4 Å². The molecule has 0 spiro atoms. The third-order valence-corrected chi connectivity index (χ3v) is 7.61. The zero-order valence-electron chi connectivity index (χ0n) is 18.7. The zero-order valence-corrected chi connectivity index (χ0v) is 19.5. The first kappa shape index (κ1) is 23.2. The standard InChI is InChI=1S/C25H29N3O4S/c1-2-11-33(31,32)12-10-17-13-21-23(14-18(17)16-29)26-15-22(25(30)28-20-8-9-20)24(21)27-19-6-4-3-5-7-19/h3-7,13-15,20,29H,2,8-12,16H2,1H3,(H,26,27)(H,28,30). The summed E-state index contributed by atoms with van der Waals surface area (Å²) in [5, 5.41) is 17.0. The molecule has 3 aromatic rings. The lowest BCUT2D eigenvalue weighted by Crippen LogP contribution is -2.26. The summed E-state index contributed by atoms with van der Waals surface area (Å²) in [4.78, 5) is 17.5. The number of benzene rings is 2. The zero-order chi connectivity index (χ0) is 23.4. The third kappa shape index (κ3) is 5.69. The molecule has 0 radical (unpaired) electrons. The van der Waals surface area contributed by atoms with Crippen molar-refractivity contribution in [2.75, 3.05) is 16.8 Å². The summed E-state index contributed by atoms with van der Waals surface area (Å²) in [5.41, 5.74) is 3.88. The van der Waals surface area contributed by atoms with Crippen molar-refractivity contribution in [1.29, 1.82) is 0 Å². The van der Waals surface area contributed by atoms with Gasteiger partial charge in [-0.15, -0.1) is 0 Å². The highest BCUT2D eigenvalue weighted by Crippen LogP contribution is 2.32. The maximum atomic E-state index is 13.0. The molecule has 33 heavy (non-hydrogen) atoms. The first-order valence-electron chi connectivity index (χ1n) is 11.3. The van der Waals surface area contributed by atoms with Gasteiger partial charge >= 0.3 is 0 Å². The number of amides is 1. The Morgan fingerprint density at radius 2 is 1.88 bits per heavy atom. The van der Waals surface area contributed by atoms with E-state index in [0.29, 0.717) is 34.1 Å². The average molecular weight is 468 g/mol. The molecule has 7 nitrogen and oxygen atoms in total. The summed E-state index contributed by atoms with van der Waals surface area (Å²) in [6, 6.07) is 13.4. The van der Waals surface area contributed by atoms with Crippen molar-refractivity contribution in [2.45, 2.75) is 45.3 Å². The fourth-order valence-electron chi connectivity index (χ4n) is 3.85. The lowest BCUT2D eigenvalue weighted by atomic mass is 9.99. The van der Waals surface area contributed by atoms with Gasteiger partial charge in [0.25, 0.3) is 5.91 Å². The second-order valence-corrected chi connectivity index (χ2v) is 10.8. The van der Waals surface area contributed by atoms with Crippen molar-refractivity contribution in [2.24, 2.45) is 0 Å². The number of aromatic nitrogens is 1. The molecule has 0 saturated heterocycles. The van der Waals surface area contributed by atoms with Gasteiger partial charge in [-0.05, 0) is 61.1 Å². The molecule has 2 aromatic carbocycles. The number of hydrogen-bond donors (Lipinski definition) is 3. The Balaban J connectivity index is 1.79. The number of fused-ring (bicyclic) bond motifs is 1. The van der Waals surface area contributed by atoms with E-state index >= 15 is 0 Å². The van der Waals surface area contributed by atoms with E-state index in [9.17, 15) is 18.3 Å². The van der Waals surface area contributed by atoms with Gasteiger partial charge in [0.15, 0.2) is 9.84 Å². The van der Waals surface area contributed by atoms with Gasteiger partial charge in [0.1, 0.15) is 0 Å². The fraction of sp³-hybridized carbons (Fsp3) is 0.360. The fourth-order valence-corrected chi connectivity index (χ4v) is 5.21. The maximum Gasteiger partial charge on any atom is 0.255 e. The molecule has 1 aliphatic rings. The molecule has 174 valence electrons. The molecule has 1 saturated carbocycles. The average Bonchev–Trinajstić information content (AvgIpc) is 3.62. The number of nitrogens with zero attached hydrogens (tertiary/aromatic N) is 1. The molecular weight excluding hydrogens is 438 g/mol. The minimum atomic E-state index is -3.17. The molecule has 0 aliphatic heterocycles. The molecule has 4 rings (SSSR count). The van der Waals surface area contributed by atoms with Gasteiger partial charge in [0.05, 0.1) is 29.1 Å². The topological polar surface area (TPSA) is 108 Å². The van der Waals surface area contributed by atoms with E-state index in [0.717, 1.165) is 24.1 Å². The van der Waals surface area contributed by atoms with Crippen LogP contribution in [0.2, 0.25) is 0 Å². The third-order valence-electron chi connectivity index (χ3n) is 5.76.